The maximum absolute atomic E-state index is 15.5. The Kier molecular flexibility index (Phi) is 5.79. The number of ether oxygens (including phenoxy) is 2. The maximum atomic E-state index is 15.5. The highest BCUT2D eigenvalue weighted by Crippen LogP contribution is 2.50. The lowest BCUT2D eigenvalue weighted by atomic mass is 9.85. The minimum absolute atomic E-state index is 0.0285. The van der Waals surface area contributed by atoms with Crippen LogP contribution in [-0.4, -0.2) is 26.6 Å². The number of nitrogens with one attached hydrogen (secondary N) is 1. The summed E-state index contributed by atoms with van der Waals surface area (Å²) in [5, 5.41) is 2.79. The highest BCUT2D eigenvalue weighted by atomic mass is 35.5. The number of nitrogens with two attached hydrogens (primary N) is 1. The molecule has 0 aliphatic carbocycles. The van der Waals surface area contributed by atoms with Crippen LogP contribution in [0.5, 0.6) is 11.5 Å². The summed E-state index contributed by atoms with van der Waals surface area (Å²) >= 11 is 6.37. The van der Waals surface area contributed by atoms with E-state index in [1.54, 1.807) is 7.05 Å². The topological polar surface area (TPSA) is 73.6 Å². The number of methoxy groups -OCH3 is 1. The molecule has 0 aromatic heterocycles. The van der Waals surface area contributed by atoms with E-state index < -0.39 is 23.1 Å². The molecule has 1 aliphatic rings. The zero-order chi connectivity index (χ0) is 23.0. The minimum atomic E-state index is -0.882. The lowest BCUT2D eigenvalue weighted by molar-refractivity contribution is 0.0940. The first kappa shape index (κ1) is 22.0. The molecule has 1 amide bonds. The molecule has 0 fully saturated rings. The van der Waals surface area contributed by atoms with Crippen molar-refractivity contribution < 1.29 is 23.0 Å². The van der Waals surface area contributed by atoms with Crippen molar-refractivity contribution in [2.45, 2.75) is 12.0 Å². The summed E-state index contributed by atoms with van der Waals surface area (Å²) in [6.45, 7) is 0.396. The van der Waals surface area contributed by atoms with Gasteiger partial charge in [-0.15, -0.1) is 0 Å². The molecular weight excluding hydrogens is 438 g/mol. The Morgan fingerprint density at radius 1 is 1.22 bits per heavy atom. The fraction of sp³-hybridized carbons (Fsp3) is 0.208. The SMILES string of the molecule is CNCC1(c2ccccc2)Cc2c(cc(F)c(Cl)c2-c2c(C(N)=O)ccc(OC)c2F)O1. The molecule has 1 unspecified atom stereocenters. The quantitative estimate of drug-likeness (QED) is 0.572. The van der Waals surface area contributed by atoms with Crippen LogP contribution in [0.1, 0.15) is 21.5 Å². The zero-order valence-electron chi connectivity index (χ0n) is 17.5. The van der Waals surface area contributed by atoms with Crippen LogP contribution in [-0.2, 0) is 12.0 Å². The monoisotopic (exact) mass is 458 g/mol. The van der Waals surface area contributed by atoms with E-state index in [1.807, 2.05) is 30.3 Å². The first-order chi connectivity index (χ1) is 15.3. The third-order valence-corrected chi connectivity index (χ3v) is 6.03. The van der Waals surface area contributed by atoms with E-state index in [1.165, 1.54) is 25.3 Å². The summed E-state index contributed by atoms with van der Waals surface area (Å²) in [7, 11) is 3.07. The van der Waals surface area contributed by atoms with Gasteiger partial charge < -0.3 is 20.5 Å². The summed E-state index contributed by atoms with van der Waals surface area (Å²) in [5.74, 6) is -2.43. The fourth-order valence-electron chi connectivity index (χ4n) is 4.25. The molecular formula is C24H21ClF2N2O3. The molecule has 1 aliphatic heterocycles. The number of halogens is 3. The predicted octanol–water partition coefficient (Wildman–Crippen LogP) is 4.44. The second-order valence-corrected chi connectivity index (χ2v) is 7.94. The van der Waals surface area contributed by atoms with Crippen LogP contribution in [0, 0.1) is 11.6 Å². The fourth-order valence-corrected chi connectivity index (χ4v) is 4.52. The summed E-state index contributed by atoms with van der Waals surface area (Å²) in [4.78, 5) is 12.1. The second-order valence-electron chi connectivity index (χ2n) is 7.56. The van der Waals surface area contributed by atoms with Crippen molar-refractivity contribution in [3.8, 4) is 22.6 Å². The van der Waals surface area contributed by atoms with Gasteiger partial charge in [-0.05, 0) is 24.7 Å². The molecule has 3 N–H and O–H groups in total. The van der Waals surface area contributed by atoms with Gasteiger partial charge in [0.2, 0.25) is 5.91 Å². The van der Waals surface area contributed by atoms with Gasteiger partial charge in [-0.25, -0.2) is 8.78 Å². The molecule has 3 aromatic carbocycles. The van der Waals surface area contributed by atoms with Crippen LogP contribution < -0.4 is 20.5 Å². The van der Waals surface area contributed by atoms with Crippen molar-refractivity contribution in [2.24, 2.45) is 5.73 Å². The number of hydrogen-bond donors (Lipinski definition) is 2. The number of benzene rings is 3. The van der Waals surface area contributed by atoms with Crippen LogP contribution in [0.2, 0.25) is 5.02 Å². The molecule has 32 heavy (non-hydrogen) atoms. The Balaban J connectivity index is 2.00. The van der Waals surface area contributed by atoms with E-state index in [-0.39, 0.29) is 39.6 Å². The van der Waals surface area contributed by atoms with E-state index >= 15 is 4.39 Å². The Morgan fingerprint density at radius 2 is 1.94 bits per heavy atom. The van der Waals surface area contributed by atoms with Crippen LogP contribution in [0.4, 0.5) is 8.78 Å². The Labute approximate surface area is 189 Å². The molecule has 1 atom stereocenters. The molecule has 0 radical (unpaired) electrons. The molecule has 8 heteroatoms. The van der Waals surface area contributed by atoms with Crippen molar-refractivity contribution >= 4 is 17.5 Å². The molecule has 0 bridgehead atoms. The standard InChI is InChI=1S/C24H21ClF2N2O3/c1-29-12-24(13-6-4-3-5-7-13)11-15-18(32-24)10-16(26)21(25)19(15)20-14(23(28)30)8-9-17(31-2)22(20)27/h3-10,29H,11-12H2,1-2H3,(H2,28,30). The molecule has 166 valence electrons. The smallest absolute Gasteiger partial charge is 0.249 e. The number of amides is 1. The molecule has 0 saturated heterocycles. The number of carbonyl (C=O) groups excluding carboxylic acids is 1. The molecule has 3 aromatic rings. The average Bonchev–Trinajstić information content (AvgIpc) is 3.14. The largest absolute Gasteiger partial charge is 0.494 e. The number of rotatable bonds is 6. The van der Waals surface area contributed by atoms with Crippen LogP contribution in [0.25, 0.3) is 11.1 Å². The third-order valence-electron chi connectivity index (χ3n) is 5.66. The Morgan fingerprint density at radius 3 is 2.56 bits per heavy atom. The minimum Gasteiger partial charge on any atom is -0.494 e. The van der Waals surface area contributed by atoms with E-state index in [0.29, 0.717) is 12.1 Å². The van der Waals surface area contributed by atoms with Crippen molar-refractivity contribution in [1.82, 2.24) is 5.32 Å². The van der Waals surface area contributed by atoms with Crippen LogP contribution in [0.3, 0.4) is 0 Å². The molecule has 1 heterocycles. The molecule has 5 nitrogen and oxygen atoms in total. The first-order valence-electron chi connectivity index (χ1n) is 9.89. The van der Waals surface area contributed by atoms with Crippen molar-refractivity contribution in [1.29, 1.82) is 0 Å². The van der Waals surface area contributed by atoms with Crippen LogP contribution >= 0.6 is 11.6 Å². The van der Waals surface area contributed by atoms with Crippen LogP contribution in [0.15, 0.2) is 48.5 Å². The van der Waals surface area contributed by atoms with E-state index in [4.69, 9.17) is 26.8 Å². The summed E-state index contributed by atoms with van der Waals surface area (Å²) in [6, 6.07) is 13.2. The van der Waals surface area contributed by atoms with E-state index in [2.05, 4.69) is 5.32 Å². The number of primary amides is 1. The van der Waals surface area contributed by atoms with Gasteiger partial charge in [0.05, 0.1) is 17.7 Å². The van der Waals surface area contributed by atoms with E-state index in [0.717, 1.165) is 5.56 Å². The number of carbonyl (C=O) groups is 1. The number of hydrogen-bond acceptors (Lipinski definition) is 4. The molecule has 0 saturated carbocycles. The Bertz CT molecular complexity index is 1200. The lowest BCUT2D eigenvalue weighted by Gasteiger charge is -2.29. The van der Waals surface area contributed by atoms with E-state index in [9.17, 15) is 9.18 Å². The first-order valence-corrected chi connectivity index (χ1v) is 10.3. The third kappa shape index (κ3) is 3.47. The lowest BCUT2D eigenvalue weighted by Crippen LogP contribution is -2.41. The highest BCUT2D eigenvalue weighted by molar-refractivity contribution is 6.34. The highest BCUT2D eigenvalue weighted by Gasteiger charge is 2.43. The van der Waals surface area contributed by atoms with Gasteiger partial charge in [0.25, 0.3) is 0 Å². The van der Waals surface area contributed by atoms with Gasteiger partial charge in [0.1, 0.15) is 11.6 Å². The maximum Gasteiger partial charge on any atom is 0.249 e. The normalized spacial score (nSPS) is 17.0. The van der Waals surface area contributed by atoms with Crippen molar-refractivity contribution in [2.75, 3.05) is 20.7 Å². The van der Waals surface area contributed by atoms with Gasteiger partial charge in [-0.3, -0.25) is 4.79 Å². The van der Waals surface area contributed by atoms with Gasteiger partial charge in [0, 0.05) is 35.7 Å². The average molecular weight is 459 g/mol. The summed E-state index contributed by atoms with van der Waals surface area (Å²) in [6.07, 6.45) is 0.261. The Hall–Kier alpha value is -3.16. The van der Waals surface area contributed by atoms with Gasteiger partial charge in [-0.2, -0.15) is 0 Å². The number of fused-ring (bicyclic) bond motifs is 1. The van der Waals surface area contributed by atoms with Crippen molar-refractivity contribution in [3.63, 3.8) is 0 Å². The second kappa shape index (κ2) is 8.41. The van der Waals surface area contributed by atoms with Gasteiger partial charge >= 0.3 is 0 Å². The molecule has 4 rings (SSSR count). The van der Waals surface area contributed by atoms with Gasteiger partial charge in [0.15, 0.2) is 17.2 Å². The number of likely N-dealkylation sites (N-methyl/N-ethyl adjacent to an activating group) is 1. The summed E-state index contributed by atoms with van der Waals surface area (Å²) in [5.41, 5.74) is 5.64. The van der Waals surface area contributed by atoms with Gasteiger partial charge in [-0.1, -0.05) is 41.9 Å². The summed E-state index contributed by atoms with van der Waals surface area (Å²) < 4.78 is 41.7. The molecule has 0 spiro atoms. The van der Waals surface area contributed by atoms with Crippen molar-refractivity contribution in [3.05, 3.63) is 81.9 Å². The predicted molar refractivity (Wildman–Crippen MR) is 118 cm³/mol. The zero-order valence-corrected chi connectivity index (χ0v) is 18.2.